The van der Waals surface area contributed by atoms with Crippen LogP contribution in [0.2, 0.25) is 0 Å². The summed E-state index contributed by atoms with van der Waals surface area (Å²) < 4.78 is 5.18. The quantitative estimate of drug-likeness (QED) is 0.688. The van der Waals surface area contributed by atoms with Gasteiger partial charge in [0.25, 0.3) is 5.91 Å². The van der Waals surface area contributed by atoms with Gasteiger partial charge in [-0.1, -0.05) is 6.07 Å². The van der Waals surface area contributed by atoms with Crippen LogP contribution in [0.3, 0.4) is 0 Å². The Balaban J connectivity index is 1.70. The predicted molar refractivity (Wildman–Crippen MR) is 97.7 cm³/mol. The zero-order valence-corrected chi connectivity index (χ0v) is 15.7. The first-order valence-corrected chi connectivity index (χ1v) is 9.28. The van der Waals surface area contributed by atoms with Crippen LogP contribution in [0.4, 0.5) is 4.79 Å². The van der Waals surface area contributed by atoms with Crippen molar-refractivity contribution in [3.8, 4) is 0 Å². The van der Waals surface area contributed by atoms with Gasteiger partial charge in [0.15, 0.2) is 0 Å². The topological polar surface area (TPSA) is 66.0 Å². The Morgan fingerprint density at radius 1 is 1.23 bits per heavy atom. The molecule has 2 aliphatic rings. The first-order valence-electron chi connectivity index (χ1n) is 9.28. The summed E-state index contributed by atoms with van der Waals surface area (Å²) in [6, 6.07) is 3.76. The number of hydrogen-bond donors (Lipinski definition) is 0. The zero-order chi connectivity index (χ0) is 18.6. The summed E-state index contributed by atoms with van der Waals surface area (Å²) in [6.45, 7) is 3.01. The highest BCUT2D eigenvalue weighted by atomic mass is 16.5. The van der Waals surface area contributed by atoms with E-state index in [-0.39, 0.29) is 11.9 Å². The van der Waals surface area contributed by atoms with Gasteiger partial charge in [-0.3, -0.25) is 14.7 Å². The van der Waals surface area contributed by atoms with Gasteiger partial charge in [0, 0.05) is 45.7 Å². The lowest BCUT2D eigenvalue weighted by Gasteiger charge is -2.41. The van der Waals surface area contributed by atoms with E-state index < -0.39 is 5.54 Å². The monoisotopic (exact) mass is 360 g/mol. The molecule has 2 aliphatic heterocycles. The SMILES string of the molecule is COCCN1C(=O)N(CCCc2cccnc2)C(=O)C12CCN(C)CC2. The lowest BCUT2D eigenvalue weighted by atomic mass is 9.86. The van der Waals surface area contributed by atoms with Crippen molar-refractivity contribution >= 4 is 11.9 Å². The molecule has 0 radical (unpaired) electrons. The van der Waals surface area contributed by atoms with Gasteiger partial charge in [-0.15, -0.1) is 0 Å². The molecule has 1 spiro atoms. The van der Waals surface area contributed by atoms with E-state index >= 15 is 0 Å². The van der Waals surface area contributed by atoms with Crippen LogP contribution in [-0.2, 0) is 16.0 Å². The smallest absolute Gasteiger partial charge is 0.327 e. The van der Waals surface area contributed by atoms with Gasteiger partial charge in [0.05, 0.1) is 6.61 Å². The molecule has 0 saturated carbocycles. The molecule has 3 rings (SSSR count). The number of pyridine rings is 1. The number of hydrogen-bond acceptors (Lipinski definition) is 5. The molecule has 7 nitrogen and oxygen atoms in total. The molecule has 142 valence electrons. The second kappa shape index (κ2) is 8.14. The minimum atomic E-state index is -0.684. The molecule has 2 saturated heterocycles. The number of nitrogens with zero attached hydrogens (tertiary/aromatic N) is 4. The molecule has 26 heavy (non-hydrogen) atoms. The number of aromatic nitrogens is 1. The summed E-state index contributed by atoms with van der Waals surface area (Å²) in [6.07, 6.45) is 6.51. The Kier molecular flexibility index (Phi) is 5.88. The lowest BCUT2D eigenvalue weighted by Crippen LogP contribution is -2.56. The Morgan fingerprint density at radius 2 is 2.00 bits per heavy atom. The summed E-state index contributed by atoms with van der Waals surface area (Å²) in [5.41, 5.74) is 0.438. The predicted octanol–water partition coefficient (Wildman–Crippen LogP) is 1.39. The highest BCUT2D eigenvalue weighted by molar-refractivity contribution is 6.07. The van der Waals surface area contributed by atoms with Crippen molar-refractivity contribution in [2.45, 2.75) is 31.2 Å². The van der Waals surface area contributed by atoms with E-state index in [1.807, 2.05) is 18.3 Å². The average molecular weight is 360 g/mol. The molecule has 0 aromatic carbocycles. The third-order valence-corrected chi connectivity index (χ3v) is 5.52. The molecule has 0 unspecified atom stereocenters. The van der Waals surface area contributed by atoms with Crippen molar-refractivity contribution in [3.63, 3.8) is 0 Å². The van der Waals surface area contributed by atoms with Crippen LogP contribution in [-0.4, -0.2) is 84.1 Å². The fourth-order valence-electron chi connectivity index (χ4n) is 3.93. The van der Waals surface area contributed by atoms with E-state index in [9.17, 15) is 9.59 Å². The number of carbonyl (C=O) groups excluding carboxylic acids is 2. The Morgan fingerprint density at radius 3 is 2.65 bits per heavy atom. The van der Waals surface area contributed by atoms with Gasteiger partial charge in [-0.25, -0.2) is 4.79 Å². The fraction of sp³-hybridized carbons (Fsp3) is 0.632. The molecular formula is C19H28N4O3. The van der Waals surface area contributed by atoms with Crippen LogP contribution < -0.4 is 0 Å². The molecule has 1 aromatic heterocycles. The summed E-state index contributed by atoms with van der Waals surface area (Å²) in [5, 5.41) is 0. The molecule has 3 amide bonds. The van der Waals surface area contributed by atoms with Crippen LogP contribution in [0.25, 0.3) is 0 Å². The van der Waals surface area contributed by atoms with Gasteiger partial charge >= 0.3 is 6.03 Å². The van der Waals surface area contributed by atoms with Crippen molar-refractivity contribution in [3.05, 3.63) is 30.1 Å². The standard InChI is InChI=1S/C19H28N4O3/c1-21-11-7-19(8-12-21)17(24)22(18(25)23(19)13-14-26-2)10-4-6-16-5-3-9-20-15-16/h3,5,9,15H,4,6-8,10-14H2,1-2H3. The number of likely N-dealkylation sites (tertiary alicyclic amines) is 1. The van der Waals surface area contributed by atoms with Crippen LogP contribution in [0.15, 0.2) is 24.5 Å². The van der Waals surface area contributed by atoms with E-state index in [4.69, 9.17) is 4.74 Å². The van der Waals surface area contributed by atoms with Crippen molar-refractivity contribution in [2.75, 3.05) is 46.9 Å². The summed E-state index contributed by atoms with van der Waals surface area (Å²) in [5.74, 6) is -0.0297. The maximum absolute atomic E-state index is 13.2. The van der Waals surface area contributed by atoms with Gasteiger partial charge in [0.2, 0.25) is 0 Å². The molecule has 7 heteroatoms. The second-order valence-electron chi connectivity index (χ2n) is 7.18. The third kappa shape index (κ3) is 3.59. The van der Waals surface area contributed by atoms with Crippen molar-refractivity contribution < 1.29 is 14.3 Å². The number of carbonyl (C=O) groups is 2. The van der Waals surface area contributed by atoms with E-state index in [1.165, 1.54) is 4.90 Å². The van der Waals surface area contributed by atoms with E-state index in [2.05, 4.69) is 16.9 Å². The lowest BCUT2D eigenvalue weighted by molar-refractivity contribution is -0.135. The molecule has 1 aromatic rings. The number of piperidine rings is 1. The number of methoxy groups -OCH3 is 1. The number of imide groups is 1. The maximum Gasteiger partial charge on any atom is 0.327 e. The summed E-state index contributed by atoms with van der Waals surface area (Å²) >= 11 is 0. The van der Waals surface area contributed by atoms with E-state index in [1.54, 1.807) is 18.2 Å². The van der Waals surface area contributed by atoms with Crippen LogP contribution in [0.1, 0.15) is 24.8 Å². The molecule has 0 aliphatic carbocycles. The van der Waals surface area contributed by atoms with Crippen molar-refractivity contribution in [2.24, 2.45) is 0 Å². The zero-order valence-electron chi connectivity index (χ0n) is 15.7. The minimum absolute atomic E-state index is 0.0297. The molecule has 3 heterocycles. The van der Waals surface area contributed by atoms with E-state index in [0.29, 0.717) is 32.5 Å². The first kappa shape index (κ1) is 18.8. The van der Waals surface area contributed by atoms with Gasteiger partial charge in [-0.2, -0.15) is 0 Å². The highest BCUT2D eigenvalue weighted by Crippen LogP contribution is 2.37. The van der Waals surface area contributed by atoms with Gasteiger partial charge in [-0.05, 0) is 44.4 Å². The van der Waals surface area contributed by atoms with E-state index in [0.717, 1.165) is 31.5 Å². The maximum atomic E-state index is 13.2. The number of urea groups is 1. The second-order valence-corrected chi connectivity index (χ2v) is 7.18. The van der Waals surface area contributed by atoms with Gasteiger partial charge in [0.1, 0.15) is 5.54 Å². The molecule has 2 fully saturated rings. The van der Waals surface area contributed by atoms with Crippen molar-refractivity contribution in [1.29, 1.82) is 0 Å². The van der Waals surface area contributed by atoms with Gasteiger partial charge < -0.3 is 14.5 Å². The third-order valence-electron chi connectivity index (χ3n) is 5.52. The molecule has 0 atom stereocenters. The van der Waals surface area contributed by atoms with Crippen molar-refractivity contribution in [1.82, 2.24) is 19.7 Å². The van der Waals surface area contributed by atoms with Crippen LogP contribution in [0, 0.1) is 0 Å². The molecule has 0 N–H and O–H groups in total. The Hall–Kier alpha value is -1.99. The fourth-order valence-corrected chi connectivity index (χ4v) is 3.93. The average Bonchev–Trinajstić information content (AvgIpc) is 2.85. The molecule has 0 bridgehead atoms. The normalized spacial score (nSPS) is 20.4. The summed E-state index contributed by atoms with van der Waals surface area (Å²) in [4.78, 5) is 35.7. The number of rotatable bonds is 7. The number of amides is 3. The summed E-state index contributed by atoms with van der Waals surface area (Å²) in [7, 11) is 3.68. The number of aryl methyl sites for hydroxylation is 1. The largest absolute Gasteiger partial charge is 0.383 e. The Bertz CT molecular complexity index is 629. The molecular weight excluding hydrogens is 332 g/mol. The highest BCUT2D eigenvalue weighted by Gasteiger charge is 2.57. The Labute approximate surface area is 154 Å². The number of ether oxygens (including phenoxy) is 1. The van der Waals surface area contributed by atoms with Crippen LogP contribution >= 0.6 is 0 Å². The van der Waals surface area contributed by atoms with Crippen LogP contribution in [0.5, 0.6) is 0 Å². The minimum Gasteiger partial charge on any atom is -0.383 e. The first-order chi connectivity index (χ1) is 12.6.